The molecule has 0 heterocycles. The molecule has 0 aliphatic carbocycles. The van der Waals surface area contributed by atoms with E-state index in [1.165, 1.54) is 0 Å². The summed E-state index contributed by atoms with van der Waals surface area (Å²) in [6.45, 7) is 0.0712. The number of ether oxygens (including phenoxy) is 1. The third-order valence-corrected chi connectivity index (χ3v) is 3.14. The summed E-state index contributed by atoms with van der Waals surface area (Å²) >= 11 is 2.90. The second-order valence-electron chi connectivity index (χ2n) is 4.04. The van der Waals surface area contributed by atoms with E-state index in [1.54, 1.807) is 24.3 Å². The summed E-state index contributed by atoms with van der Waals surface area (Å²) < 4.78 is 56.4. The maximum atomic E-state index is 13.7. The van der Waals surface area contributed by atoms with E-state index in [4.69, 9.17) is 4.74 Å². The van der Waals surface area contributed by atoms with E-state index in [1.807, 2.05) is 6.07 Å². The lowest BCUT2D eigenvalue weighted by atomic mass is 10.2. The van der Waals surface area contributed by atoms with Gasteiger partial charge in [0.15, 0.2) is 11.6 Å². The first-order valence-electron chi connectivity index (χ1n) is 5.61. The van der Waals surface area contributed by atoms with Crippen molar-refractivity contribution in [3.63, 3.8) is 0 Å². The Morgan fingerprint density at radius 1 is 1.05 bits per heavy atom. The molecule has 20 heavy (non-hydrogen) atoms. The van der Waals surface area contributed by atoms with Crippen molar-refractivity contribution in [3.05, 3.63) is 63.9 Å². The van der Waals surface area contributed by atoms with E-state index in [9.17, 15) is 17.6 Å². The number of rotatable bonds is 3. The monoisotopic (exact) mass is 348 g/mol. The molecule has 0 saturated heterocycles. The predicted octanol–water partition coefficient (Wildman–Crippen LogP) is 5.19. The minimum absolute atomic E-state index is 0.0687. The van der Waals surface area contributed by atoms with Gasteiger partial charge in [0.2, 0.25) is 0 Å². The molecule has 0 aromatic heterocycles. The van der Waals surface area contributed by atoms with Gasteiger partial charge in [0, 0.05) is 0 Å². The molecule has 0 amide bonds. The molecular formula is C14H9BrF4O. The smallest absolute Gasteiger partial charge is 0.416 e. The van der Waals surface area contributed by atoms with Crippen molar-refractivity contribution < 1.29 is 22.3 Å². The van der Waals surface area contributed by atoms with E-state index in [0.29, 0.717) is 6.07 Å². The standard InChI is InChI=1S/C14H9BrF4O/c15-11-6-10(14(17,18)19)7-12(16)13(11)20-8-9-4-2-1-3-5-9/h1-7H,8H2. The Bertz CT molecular complexity index is 573. The van der Waals surface area contributed by atoms with Gasteiger partial charge in [-0.2, -0.15) is 13.2 Å². The first-order chi connectivity index (χ1) is 9.38. The van der Waals surface area contributed by atoms with Gasteiger partial charge < -0.3 is 4.74 Å². The summed E-state index contributed by atoms with van der Waals surface area (Å²) in [7, 11) is 0. The molecule has 6 heteroatoms. The van der Waals surface area contributed by atoms with Crippen molar-refractivity contribution in [1.82, 2.24) is 0 Å². The second kappa shape index (κ2) is 5.83. The molecule has 1 nitrogen and oxygen atoms in total. The third kappa shape index (κ3) is 3.50. The Hall–Kier alpha value is -1.56. The molecule has 0 aliphatic rings. The fourth-order valence-corrected chi connectivity index (χ4v) is 2.14. The number of hydrogen-bond donors (Lipinski definition) is 0. The summed E-state index contributed by atoms with van der Waals surface area (Å²) in [5.74, 6) is -1.29. The van der Waals surface area contributed by atoms with Crippen LogP contribution in [0.4, 0.5) is 17.6 Å². The highest BCUT2D eigenvalue weighted by molar-refractivity contribution is 9.10. The van der Waals surface area contributed by atoms with Crippen molar-refractivity contribution in [2.45, 2.75) is 12.8 Å². The lowest BCUT2D eigenvalue weighted by Gasteiger charge is -2.12. The quantitative estimate of drug-likeness (QED) is 0.694. The molecule has 0 N–H and O–H groups in total. The minimum Gasteiger partial charge on any atom is -0.485 e. The molecule has 0 radical (unpaired) electrons. The molecule has 0 fully saturated rings. The maximum absolute atomic E-state index is 13.7. The van der Waals surface area contributed by atoms with Crippen LogP contribution in [-0.2, 0) is 12.8 Å². The first-order valence-corrected chi connectivity index (χ1v) is 6.40. The largest absolute Gasteiger partial charge is 0.485 e. The third-order valence-electron chi connectivity index (χ3n) is 2.55. The Morgan fingerprint density at radius 2 is 1.70 bits per heavy atom. The van der Waals surface area contributed by atoms with Crippen LogP contribution in [0.15, 0.2) is 46.9 Å². The SMILES string of the molecule is Fc1cc(C(F)(F)F)cc(Br)c1OCc1ccccc1. The number of alkyl halides is 3. The van der Waals surface area contributed by atoms with E-state index in [-0.39, 0.29) is 16.8 Å². The molecule has 2 aromatic carbocycles. The normalized spacial score (nSPS) is 11.4. The zero-order valence-corrected chi connectivity index (χ0v) is 11.6. The second-order valence-corrected chi connectivity index (χ2v) is 4.90. The molecule has 2 aromatic rings. The zero-order valence-electron chi connectivity index (χ0n) is 10.0. The molecular weight excluding hydrogens is 340 g/mol. The van der Waals surface area contributed by atoms with Gasteiger partial charge in [0.1, 0.15) is 6.61 Å². The Morgan fingerprint density at radius 3 is 2.25 bits per heavy atom. The topological polar surface area (TPSA) is 9.23 Å². The summed E-state index contributed by atoms with van der Waals surface area (Å²) in [4.78, 5) is 0. The van der Waals surface area contributed by atoms with Crippen molar-refractivity contribution in [1.29, 1.82) is 0 Å². The molecule has 106 valence electrons. The Balaban J connectivity index is 2.21. The average Bonchev–Trinajstić information content (AvgIpc) is 2.37. The molecule has 0 unspecified atom stereocenters. The maximum Gasteiger partial charge on any atom is 0.416 e. The first kappa shape index (κ1) is 14.8. The Labute approximate surface area is 121 Å². The minimum atomic E-state index is -4.60. The molecule has 2 rings (SSSR count). The van der Waals surface area contributed by atoms with Crippen molar-refractivity contribution in [3.8, 4) is 5.75 Å². The molecule has 0 saturated carbocycles. The average molecular weight is 349 g/mol. The Kier molecular flexibility index (Phi) is 4.32. The fourth-order valence-electron chi connectivity index (χ4n) is 1.59. The highest BCUT2D eigenvalue weighted by atomic mass is 79.9. The number of hydrogen-bond acceptors (Lipinski definition) is 1. The lowest BCUT2D eigenvalue weighted by Crippen LogP contribution is -2.07. The van der Waals surface area contributed by atoms with Gasteiger partial charge in [-0.05, 0) is 33.6 Å². The van der Waals surface area contributed by atoms with E-state index in [2.05, 4.69) is 15.9 Å². The summed E-state index contributed by atoms with van der Waals surface area (Å²) in [6.07, 6.45) is -4.60. The molecule has 0 atom stereocenters. The number of halogens is 5. The summed E-state index contributed by atoms with van der Waals surface area (Å²) in [5, 5.41) is 0. The van der Waals surface area contributed by atoms with Gasteiger partial charge in [-0.1, -0.05) is 30.3 Å². The van der Waals surface area contributed by atoms with Crippen LogP contribution < -0.4 is 4.74 Å². The van der Waals surface area contributed by atoms with Crippen molar-refractivity contribution >= 4 is 15.9 Å². The highest BCUT2D eigenvalue weighted by Crippen LogP contribution is 2.37. The molecule has 0 aliphatic heterocycles. The van der Waals surface area contributed by atoms with Crippen LogP contribution in [0.1, 0.15) is 11.1 Å². The van der Waals surface area contributed by atoms with Crippen molar-refractivity contribution in [2.24, 2.45) is 0 Å². The van der Waals surface area contributed by atoms with Gasteiger partial charge in [-0.3, -0.25) is 0 Å². The van der Waals surface area contributed by atoms with Crippen LogP contribution in [0.2, 0.25) is 0 Å². The predicted molar refractivity (Wildman–Crippen MR) is 69.9 cm³/mol. The fraction of sp³-hybridized carbons (Fsp3) is 0.143. The van der Waals surface area contributed by atoms with Gasteiger partial charge in [-0.25, -0.2) is 4.39 Å². The van der Waals surface area contributed by atoms with Gasteiger partial charge in [0.25, 0.3) is 0 Å². The van der Waals surface area contributed by atoms with Crippen LogP contribution in [0.3, 0.4) is 0 Å². The van der Waals surface area contributed by atoms with Gasteiger partial charge in [0.05, 0.1) is 10.0 Å². The van der Waals surface area contributed by atoms with Gasteiger partial charge >= 0.3 is 6.18 Å². The van der Waals surface area contributed by atoms with Crippen molar-refractivity contribution in [2.75, 3.05) is 0 Å². The summed E-state index contributed by atoms with van der Waals surface area (Å²) in [6, 6.07) is 10.2. The van der Waals surface area contributed by atoms with Crippen LogP contribution in [-0.4, -0.2) is 0 Å². The molecule has 0 bridgehead atoms. The highest BCUT2D eigenvalue weighted by Gasteiger charge is 2.32. The van der Waals surface area contributed by atoms with Crippen LogP contribution in [0.25, 0.3) is 0 Å². The van der Waals surface area contributed by atoms with E-state index >= 15 is 0 Å². The van der Waals surface area contributed by atoms with Gasteiger partial charge in [-0.15, -0.1) is 0 Å². The summed E-state index contributed by atoms with van der Waals surface area (Å²) in [5.41, 5.74) is -0.271. The van der Waals surface area contributed by atoms with E-state index in [0.717, 1.165) is 11.6 Å². The molecule has 0 spiro atoms. The van der Waals surface area contributed by atoms with Crippen LogP contribution in [0.5, 0.6) is 5.75 Å². The van der Waals surface area contributed by atoms with Crippen LogP contribution in [0, 0.1) is 5.82 Å². The van der Waals surface area contributed by atoms with Crippen LogP contribution >= 0.6 is 15.9 Å². The van der Waals surface area contributed by atoms with E-state index < -0.39 is 17.6 Å². The zero-order chi connectivity index (χ0) is 14.8. The number of benzene rings is 2. The lowest BCUT2D eigenvalue weighted by molar-refractivity contribution is -0.137.